The zero-order valence-corrected chi connectivity index (χ0v) is 18.3. The molecule has 2 heterocycles. The molecule has 4 rings (SSSR count). The van der Waals surface area contributed by atoms with Gasteiger partial charge >= 0.3 is 0 Å². The lowest BCUT2D eigenvalue weighted by Gasteiger charge is -2.25. The number of ether oxygens (including phenoxy) is 1. The first-order chi connectivity index (χ1) is 15.4. The smallest absolute Gasteiger partial charge is 0.300 e. The van der Waals surface area contributed by atoms with Crippen molar-refractivity contribution < 1.29 is 23.8 Å². The van der Waals surface area contributed by atoms with E-state index < -0.39 is 17.7 Å². The third-order valence-corrected chi connectivity index (χ3v) is 5.45. The molecular formula is C26H25NO5. The van der Waals surface area contributed by atoms with Gasteiger partial charge in [-0.3, -0.25) is 14.5 Å². The van der Waals surface area contributed by atoms with Gasteiger partial charge in [0.05, 0.1) is 12.2 Å². The lowest BCUT2D eigenvalue weighted by Crippen LogP contribution is -2.29. The van der Waals surface area contributed by atoms with E-state index >= 15 is 0 Å². The van der Waals surface area contributed by atoms with Gasteiger partial charge in [-0.15, -0.1) is 0 Å². The number of nitrogens with zero attached hydrogens (tertiary/aromatic N) is 1. The number of amides is 1. The van der Waals surface area contributed by atoms with E-state index in [1.165, 1.54) is 4.90 Å². The first kappa shape index (κ1) is 21.4. The van der Waals surface area contributed by atoms with Gasteiger partial charge in [-0.1, -0.05) is 25.1 Å². The summed E-state index contributed by atoms with van der Waals surface area (Å²) < 4.78 is 11.4. The number of rotatable bonds is 6. The maximum absolute atomic E-state index is 13.1. The van der Waals surface area contributed by atoms with Gasteiger partial charge in [-0.25, -0.2) is 0 Å². The summed E-state index contributed by atoms with van der Waals surface area (Å²) in [6.07, 6.45) is 0.882. The molecule has 1 aromatic heterocycles. The van der Waals surface area contributed by atoms with Gasteiger partial charge in [0.25, 0.3) is 11.7 Å². The van der Waals surface area contributed by atoms with Crippen molar-refractivity contribution in [2.45, 2.75) is 33.2 Å². The Labute approximate surface area is 186 Å². The number of Topliss-reactive ketones (excluding diaryl/α,β-unsaturated/α-hetero) is 1. The van der Waals surface area contributed by atoms with Gasteiger partial charge in [-0.2, -0.15) is 0 Å². The van der Waals surface area contributed by atoms with Gasteiger partial charge in [0.2, 0.25) is 0 Å². The molecule has 32 heavy (non-hydrogen) atoms. The van der Waals surface area contributed by atoms with E-state index in [0.717, 1.165) is 12.0 Å². The molecule has 0 saturated carbocycles. The Hall–Kier alpha value is -3.80. The van der Waals surface area contributed by atoms with Crippen LogP contribution in [-0.2, 0) is 9.59 Å². The van der Waals surface area contributed by atoms with Gasteiger partial charge in [0.1, 0.15) is 29.1 Å². The van der Waals surface area contributed by atoms with Gasteiger partial charge in [0, 0.05) is 11.3 Å². The number of carbonyl (C=O) groups is 2. The standard InChI is InChI=1S/C26H25NO5/c1-4-15-31-19-12-10-18(11-13-19)24(28)22-23(21-14-9-17(3)32-21)27(26(30)25(22)29)20-8-6-5-7-16(20)2/h5-14,23,28H,4,15H2,1-3H3/b24-22-. The number of para-hydroxylation sites is 1. The Balaban J connectivity index is 1.85. The van der Waals surface area contributed by atoms with Crippen LogP contribution < -0.4 is 9.64 Å². The molecule has 1 atom stereocenters. The number of aliphatic hydroxyl groups is 1. The average Bonchev–Trinajstić information content (AvgIpc) is 3.33. The summed E-state index contributed by atoms with van der Waals surface area (Å²) in [7, 11) is 0. The molecule has 6 heteroatoms. The number of furan rings is 1. The molecule has 1 aliphatic heterocycles. The summed E-state index contributed by atoms with van der Waals surface area (Å²) in [6, 6.07) is 16.8. The van der Waals surface area contributed by atoms with Crippen molar-refractivity contribution in [3.63, 3.8) is 0 Å². The number of carbonyl (C=O) groups excluding carboxylic acids is 2. The molecule has 1 aliphatic rings. The Morgan fingerprint density at radius 1 is 1.03 bits per heavy atom. The highest BCUT2D eigenvalue weighted by Gasteiger charge is 2.48. The first-order valence-electron chi connectivity index (χ1n) is 10.6. The Kier molecular flexibility index (Phi) is 5.86. The maximum Gasteiger partial charge on any atom is 0.300 e. The minimum atomic E-state index is -0.874. The molecule has 1 N–H and O–H groups in total. The molecule has 164 valence electrons. The molecule has 6 nitrogen and oxygen atoms in total. The molecule has 3 aromatic rings. The molecule has 1 fully saturated rings. The first-order valence-corrected chi connectivity index (χ1v) is 10.6. The predicted molar refractivity (Wildman–Crippen MR) is 122 cm³/mol. The summed E-state index contributed by atoms with van der Waals surface area (Å²) in [5, 5.41) is 11.1. The SMILES string of the molecule is CCCOc1ccc(/C(O)=C2/C(=O)C(=O)N(c3ccccc3C)C2c2ccc(C)o2)cc1. The van der Waals surface area contributed by atoms with E-state index in [0.29, 0.717) is 35.1 Å². The fraction of sp³-hybridized carbons (Fsp3) is 0.231. The third-order valence-electron chi connectivity index (χ3n) is 5.45. The Morgan fingerprint density at radius 2 is 1.75 bits per heavy atom. The van der Waals surface area contributed by atoms with Crippen LogP contribution in [-0.4, -0.2) is 23.4 Å². The van der Waals surface area contributed by atoms with Crippen LogP contribution in [0.4, 0.5) is 5.69 Å². The lowest BCUT2D eigenvalue weighted by atomic mass is 9.99. The van der Waals surface area contributed by atoms with Crippen LogP contribution in [0.1, 0.15) is 42.0 Å². The average molecular weight is 431 g/mol. The lowest BCUT2D eigenvalue weighted by molar-refractivity contribution is -0.132. The monoisotopic (exact) mass is 431 g/mol. The maximum atomic E-state index is 13.1. The molecule has 2 aromatic carbocycles. The largest absolute Gasteiger partial charge is 0.507 e. The second-order valence-electron chi connectivity index (χ2n) is 7.78. The molecule has 0 spiro atoms. The molecule has 1 unspecified atom stereocenters. The summed E-state index contributed by atoms with van der Waals surface area (Å²) in [5.74, 6) is 0.0172. The minimum absolute atomic E-state index is 0.00479. The topological polar surface area (TPSA) is 80.0 Å². The summed E-state index contributed by atoms with van der Waals surface area (Å²) in [5.41, 5.74) is 1.84. The summed E-state index contributed by atoms with van der Waals surface area (Å²) in [6.45, 7) is 6.27. The van der Waals surface area contributed by atoms with E-state index in [1.54, 1.807) is 55.5 Å². The van der Waals surface area contributed by atoms with Crippen LogP contribution in [0, 0.1) is 13.8 Å². The van der Waals surface area contributed by atoms with Crippen LogP contribution in [0.15, 0.2) is 70.7 Å². The van der Waals surface area contributed by atoms with Crippen molar-refractivity contribution in [1.82, 2.24) is 0 Å². The van der Waals surface area contributed by atoms with Crippen molar-refractivity contribution in [3.8, 4) is 5.75 Å². The van der Waals surface area contributed by atoms with Crippen LogP contribution in [0.25, 0.3) is 5.76 Å². The minimum Gasteiger partial charge on any atom is -0.507 e. The van der Waals surface area contributed by atoms with Crippen LogP contribution in [0.3, 0.4) is 0 Å². The molecule has 0 radical (unpaired) electrons. The van der Waals surface area contributed by atoms with Crippen molar-refractivity contribution in [2.24, 2.45) is 0 Å². The van der Waals surface area contributed by atoms with Crippen LogP contribution >= 0.6 is 0 Å². The zero-order valence-electron chi connectivity index (χ0n) is 18.3. The normalized spacial score (nSPS) is 17.7. The fourth-order valence-electron chi connectivity index (χ4n) is 3.87. The Morgan fingerprint density at radius 3 is 2.38 bits per heavy atom. The van der Waals surface area contributed by atoms with Gasteiger partial charge in [0.15, 0.2) is 0 Å². The predicted octanol–water partition coefficient (Wildman–Crippen LogP) is 5.31. The number of anilines is 1. The van der Waals surface area contributed by atoms with E-state index in [4.69, 9.17) is 9.15 Å². The second-order valence-corrected chi connectivity index (χ2v) is 7.78. The summed E-state index contributed by atoms with van der Waals surface area (Å²) >= 11 is 0. The highest BCUT2D eigenvalue weighted by atomic mass is 16.5. The number of aliphatic hydroxyl groups excluding tert-OH is 1. The number of aryl methyl sites for hydroxylation is 2. The van der Waals surface area contributed by atoms with Crippen molar-refractivity contribution >= 4 is 23.1 Å². The van der Waals surface area contributed by atoms with E-state index in [9.17, 15) is 14.7 Å². The van der Waals surface area contributed by atoms with Gasteiger partial charge in [-0.05, 0) is 68.3 Å². The third kappa shape index (κ3) is 3.80. The second kappa shape index (κ2) is 8.75. The van der Waals surface area contributed by atoms with E-state index in [-0.39, 0.29) is 11.3 Å². The van der Waals surface area contributed by atoms with Crippen molar-refractivity contribution in [1.29, 1.82) is 0 Å². The van der Waals surface area contributed by atoms with Crippen molar-refractivity contribution in [2.75, 3.05) is 11.5 Å². The molecular weight excluding hydrogens is 406 g/mol. The van der Waals surface area contributed by atoms with E-state index in [2.05, 4.69) is 0 Å². The molecule has 0 bridgehead atoms. The number of ketones is 1. The highest BCUT2D eigenvalue weighted by molar-refractivity contribution is 6.51. The number of hydrogen-bond acceptors (Lipinski definition) is 5. The molecule has 1 saturated heterocycles. The van der Waals surface area contributed by atoms with Crippen LogP contribution in [0.2, 0.25) is 0 Å². The molecule has 1 amide bonds. The number of benzene rings is 2. The highest BCUT2D eigenvalue weighted by Crippen LogP contribution is 2.43. The summed E-state index contributed by atoms with van der Waals surface area (Å²) in [4.78, 5) is 27.7. The Bertz CT molecular complexity index is 1190. The number of hydrogen-bond donors (Lipinski definition) is 1. The quantitative estimate of drug-likeness (QED) is 0.325. The van der Waals surface area contributed by atoms with Crippen LogP contribution in [0.5, 0.6) is 5.75 Å². The fourth-order valence-corrected chi connectivity index (χ4v) is 3.87. The van der Waals surface area contributed by atoms with Gasteiger partial charge < -0.3 is 14.3 Å². The van der Waals surface area contributed by atoms with E-state index in [1.807, 2.05) is 26.0 Å². The molecule has 0 aliphatic carbocycles. The van der Waals surface area contributed by atoms with Crippen molar-refractivity contribution in [3.05, 3.63) is 88.9 Å². The zero-order chi connectivity index (χ0) is 22.8.